The van der Waals surface area contributed by atoms with Gasteiger partial charge in [0.15, 0.2) is 0 Å². The Morgan fingerprint density at radius 1 is 1.32 bits per heavy atom. The minimum absolute atomic E-state index is 0.275. The molecule has 0 aliphatic carbocycles. The largest absolute Gasteiger partial charge is 0.411 e. The number of benzene rings is 1. The van der Waals surface area contributed by atoms with Crippen LogP contribution in [0.25, 0.3) is 11.5 Å². The molecule has 3 rings (SSSR count). The number of pyridine rings is 1. The summed E-state index contributed by atoms with van der Waals surface area (Å²) in [5, 5.41) is 10.3. The molecule has 0 bridgehead atoms. The van der Waals surface area contributed by atoms with E-state index in [-0.39, 0.29) is 16.9 Å². The molecule has 0 saturated carbocycles. The van der Waals surface area contributed by atoms with Crippen molar-refractivity contribution in [1.82, 2.24) is 15.2 Å². The van der Waals surface area contributed by atoms with Crippen LogP contribution in [-0.2, 0) is 4.79 Å². The molecule has 2 aromatic heterocycles. The summed E-state index contributed by atoms with van der Waals surface area (Å²) in [5.41, 5.74) is 1.63. The molecule has 0 saturated heterocycles. The molecule has 0 spiro atoms. The van der Waals surface area contributed by atoms with Crippen LogP contribution in [0.4, 0.5) is 10.1 Å². The van der Waals surface area contributed by atoms with Gasteiger partial charge in [0.05, 0.1) is 10.8 Å². The highest BCUT2D eigenvalue weighted by molar-refractivity contribution is 8.00. The van der Waals surface area contributed by atoms with E-state index < -0.39 is 5.25 Å². The number of halogens is 1. The molecule has 0 radical (unpaired) electrons. The minimum atomic E-state index is -0.494. The Kier molecular flexibility index (Phi) is 5.08. The Labute approximate surface area is 147 Å². The number of aryl methyl sites for hydroxylation is 1. The van der Waals surface area contributed by atoms with Crippen LogP contribution in [-0.4, -0.2) is 26.3 Å². The standard InChI is InChI=1S/C17H15FN4O2S/c1-10-5-6-13(8-14(10)18)20-15(23)11(2)25-17-22-21-16(24-17)12-4-3-7-19-9-12/h3-9,11H,1-2H3,(H,20,23)/t11-/m1/s1. The molecule has 25 heavy (non-hydrogen) atoms. The number of hydrogen-bond donors (Lipinski definition) is 1. The third-order valence-corrected chi connectivity index (χ3v) is 4.34. The van der Waals surface area contributed by atoms with E-state index in [4.69, 9.17) is 4.42 Å². The van der Waals surface area contributed by atoms with Crippen molar-refractivity contribution in [2.75, 3.05) is 5.32 Å². The number of carbonyl (C=O) groups is 1. The number of thioether (sulfide) groups is 1. The molecule has 6 nitrogen and oxygen atoms in total. The van der Waals surface area contributed by atoms with Crippen LogP contribution in [0.2, 0.25) is 0 Å². The molecule has 0 fully saturated rings. The van der Waals surface area contributed by atoms with Crippen LogP contribution in [0, 0.1) is 12.7 Å². The van der Waals surface area contributed by atoms with Crippen LogP contribution in [0.5, 0.6) is 0 Å². The average molecular weight is 358 g/mol. The maximum absolute atomic E-state index is 13.5. The van der Waals surface area contributed by atoms with Crippen molar-refractivity contribution >= 4 is 23.4 Å². The summed E-state index contributed by atoms with van der Waals surface area (Å²) < 4.78 is 19.1. The van der Waals surface area contributed by atoms with Gasteiger partial charge in [0.25, 0.3) is 5.22 Å². The van der Waals surface area contributed by atoms with E-state index in [9.17, 15) is 9.18 Å². The van der Waals surface area contributed by atoms with Crippen LogP contribution >= 0.6 is 11.8 Å². The molecule has 128 valence electrons. The molecule has 1 atom stereocenters. The third kappa shape index (κ3) is 4.21. The Hall–Kier alpha value is -2.74. The van der Waals surface area contributed by atoms with Crippen molar-refractivity contribution in [1.29, 1.82) is 0 Å². The van der Waals surface area contributed by atoms with Gasteiger partial charge < -0.3 is 9.73 Å². The summed E-state index contributed by atoms with van der Waals surface area (Å²) in [6, 6.07) is 8.12. The molecule has 1 aromatic carbocycles. The van der Waals surface area contributed by atoms with Gasteiger partial charge in [-0.1, -0.05) is 17.8 Å². The quantitative estimate of drug-likeness (QED) is 0.701. The number of anilines is 1. The van der Waals surface area contributed by atoms with Crippen molar-refractivity contribution in [3.8, 4) is 11.5 Å². The number of nitrogens with one attached hydrogen (secondary N) is 1. The smallest absolute Gasteiger partial charge is 0.277 e. The van der Waals surface area contributed by atoms with E-state index in [1.54, 1.807) is 50.5 Å². The molecule has 0 aliphatic heterocycles. The van der Waals surface area contributed by atoms with Gasteiger partial charge in [0, 0.05) is 18.1 Å². The van der Waals surface area contributed by atoms with Gasteiger partial charge in [0.1, 0.15) is 5.82 Å². The molecule has 0 unspecified atom stereocenters. The number of nitrogens with zero attached hydrogens (tertiary/aromatic N) is 3. The van der Waals surface area contributed by atoms with Gasteiger partial charge in [-0.15, -0.1) is 10.2 Å². The number of carbonyl (C=O) groups excluding carboxylic acids is 1. The topological polar surface area (TPSA) is 80.9 Å². The zero-order chi connectivity index (χ0) is 17.8. The van der Waals surface area contributed by atoms with Crippen LogP contribution in [0.1, 0.15) is 12.5 Å². The fraction of sp³-hybridized carbons (Fsp3) is 0.176. The van der Waals surface area contributed by atoms with Gasteiger partial charge in [-0.25, -0.2) is 4.39 Å². The highest BCUT2D eigenvalue weighted by Crippen LogP contribution is 2.26. The zero-order valence-corrected chi connectivity index (χ0v) is 14.4. The SMILES string of the molecule is Cc1ccc(NC(=O)[C@@H](C)Sc2nnc(-c3cccnc3)o2)cc1F. The van der Waals surface area contributed by atoms with Crippen molar-refractivity contribution in [2.24, 2.45) is 0 Å². The van der Waals surface area contributed by atoms with Gasteiger partial charge in [-0.3, -0.25) is 9.78 Å². The highest BCUT2D eigenvalue weighted by atomic mass is 32.2. The maximum Gasteiger partial charge on any atom is 0.277 e. The number of hydrogen-bond acceptors (Lipinski definition) is 6. The fourth-order valence-electron chi connectivity index (χ4n) is 1.98. The zero-order valence-electron chi connectivity index (χ0n) is 13.6. The molecule has 3 aromatic rings. The predicted molar refractivity (Wildman–Crippen MR) is 92.6 cm³/mol. The van der Waals surface area contributed by atoms with Gasteiger partial charge in [0.2, 0.25) is 11.8 Å². The first-order chi connectivity index (χ1) is 12.0. The predicted octanol–water partition coefficient (Wildman–Crippen LogP) is 3.70. The van der Waals surface area contributed by atoms with Crippen molar-refractivity contribution < 1.29 is 13.6 Å². The lowest BCUT2D eigenvalue weighted by Gasteiger charge is -2.10. The van der Waals surface area contributed by atoms with Crippen molar-refractivity contribution in [3.63, 3.8) is 0 Å². The Balaban J connectivity index is 1.63. The molecule has 1 amide bonds. The van der Waals surface area contributed by atoms with E-state index in [0.29, 0.717) is 22.7 Å². The van der Waals surface area contributed by atoms with E-state index in [1.165, 1.54) is 6.07 Å². The van der Waals surface area contributed by atoms with E-state index in [1.807, 2.05) is 0 Å². The second-order valence-corrected chi connectivity index (χ2v) is 6.62. The summed E-state index contributed by atoms with van der Waals surface area (Å²) >= 11 is 1.13. The molecule has 1 N–H and O–H groups in total. The summed E-state index contributed by atoms with van der Waals surface area (Å²) in [6.45, 7) is 3.37. The minimum Gasteiger partial charge on any atom is -0.411 e. The first-order valence-electron chi connectivity index (χ1n) is 7.50. The van der Waals surface area contributed by atoms with Crippen molar-refractivity contribution in [3.05, 3.63) is 54.1 Å². The maximum atomic E-state index is 13.5. The third-order valence-electron chi connectivity index (χ3n) is 3.40. The monoisotopic (exact) mass is 358 g/mol. The van der Waals surface area contributed by atoms with E-state index in [0.717, 1.165) is 11.8 Å². The van der Waals surface area contributed by atoms with Crippen molar-refractivity contribution in [2.45, 2.75) is 24.3 Å². The highest BCUT2D eigenvalue weighted by Gasteiger charge is 2.19. The van der Waals surface area contributed by atoms with E-state index >= 15 is 0 Å². The number of amides is 1. The first-order valence-corrected chi connectivity index (χ1v) is 8.38. The normalized spacial score (nSPS) is 12.0. The second kappa shape index (κ2) is 7.43. The summed E-state index contributed by atoms with van der Waals surface area (Å²) in [6.07, 6.45) is 3.26. The summed E-state index contributed by atoms with van der Waals surface area (Å²) in [5.74, 6) is -0.311. The Morgan fingerprint density at radius 2 is 2.16 bits per heavy atom. The van der Waals surface area contributed by atoms with Crippen LogP contribution < -0.4 is 5.32 Å². The van der Waals surface area contributed by atoms with Crippen LogP contribution in [0.15, 0.2) is 52.4 Å². The van der Waals surface area contributed by atoms with Gasteiger partial charge >= 0.3 is 0 Å². The lowest BCUT2D eigenvalue weighted by atomic mass is 10.2. The first kappa shape index (κ1) is 17.1. The summed E-state index contributed by atoms with van der Waals surface area (Å²) in [4.78, 5) is 16.2. The number of rotatable bonds is 5. The number of aromatic nitrogens is 3. The Morgan fingerprint density at radius 3 is 2.88 bits per heavy atom. The lowest BCUT2D eigenvalue weighted by Crippen LogP contribution is -2.22. The Bertz CT molecular complexity index is 885. The molecule has 2 heterocycles. The second-order valence-electron chi connectivity index (χ2n) is 5.33. The average Bonchev–Trinajstić information content (AvgIpc) is 3.07. The fourth-order valence-corrected chi connectivity index (χ4v) is 2.67. The molecular formula is C17H15FN4O2S. The molecule has 8 heteroatoms. The van der Waals surface area contributed by atoms with Crippen LogP contribution in [0.3, 0.4) is 0 Å². The lowest BCUT2D eigenvalue weighted by molar-refractivity contribution is -0.115. The summed E-state index contributed by atoms with van der Waals surface area (Å²) in [7, 11) is 0. The van der Waals surface area contributed by atoms with Gasteiger partial charge in [-0.2, -0.15) is 0 Å². The van der Waals surface area contributed by atoms with E-state index in [2.05, 4.69) is 20.5 Å². The molecule has 0 aliphatic rings. The van der Waals surface area contributed by atoms with Gasteiger partial charge in [-0.05, 0) is 43.7 Å². The molecular weight excluding hydrogens is 343 g/mol.